The fourth-order valence-corrected chi connectivity index (χ4v) is 3.44. The van der Waals surface area contributed by atoms with Gasteiger partial charge in [-0.05, 0) is 39.4 Å². The minimum absolute atomic E-state index is 0.0535. The predicted octanol–water partition coefficient (Wildman–Crippen LogP) is 0.986. The molecule has 0 aromatic heterocycles. The zero-order valence-corrected chi connectivity index (χ0v) is 12.1. The van der Waals surface area contributed by atoms with Crippen molar-refractivity contribution in [3.8, 4) is 0 Å². The van der Waals surface area contributed by atoms with E-state index in [9.17, 15) is 0 Å². The second-order valence-electron chi connectivity index (χ2n) is 5.73. The molecule has 1 unspecified atom stereocenters. The van der Waals surface area contributed by atoms with E-state index in [0.717, 1.165) is 19.3 Å². The van der Waals surface area contributed by atoms with Gasteiger partial charge in [-0.15, -0.1) is 0 Å². The summed E-state index contributed by atoms with van der Waals surface area (Å²) >= 11 is 0. The summed E-state index contributed by atoms with van der Waals surface area (Å²) in [6.07, 6.45) is 5.45. The van der Waals surface area contributed by atoms with Crippen LogP contribution in [0.25, 0.3) is 0 Å². The Morgan fingerprint density at radius 1 is 0.882 bits per heavy atom. The molecule has 1 atom stereocenters. The SMILES string of the molecule is CCC1(CC)CC(N)(NC)CC(NC)(NC)C1. The molecule has 1 rings (SSSR count). The molecule has 1 saturated carbocycles. The molecule has 4 nitrogen and oxygen atoms in total. The van der Waals surface area contributed by atoms with Crippen LogP contribution in [0.15, 0.2) is 0 Å². The van der Waals surface area contributed by atoms with E-state index < -0.39 is 0 Å². The largest absolute Gasteiger partial charge is 0.313 e. The van der Waals surface area contributed by atoms with Crippen LogP contribution in [0.4, 0.5) is 0 Å². The number of nitrogens with one attached hydrogen (secondary N) is 3. The molecule has 0 spiro atoms. The zero-order chi connectivity index (χ0) is 13.2. The molecule has 0 aromatic rings. The summed E-state index contributed by atoms with van der Waals surface area (Å²) in [6.45, 7) is 4.56. The van der Waals surface area contributed by atoms with Gasteiger partial charge in [0.15, 0.2) is 0 Å². The lowest BCUT2D eigenvalue weighted by atomic mass is 9.62. The van der Waals surface area contributed by atoms with E-state index in [1.54, 1.807) is 0 Å². The Bertz CT molecular complexity index is 224. The van der Waals surface area contributed by atoms with E-state index >= 15 is 0 Å². The quantitative estimate of drug-likeness (QED) is 0.543. The van der Waals surface area contributed by atoms with Crippen LogP contribution in [0.5, 0.6) is 0 Å². The zero-order valence-electron chi connectivity index (χ0n) is 12.1. The van der Waals surface area contributed by atoms with Crippen LogP contribution in [0.2, 0.25) is 0 Å². The van der Waals surface area contributed by atoms with Crippen LogP contribution in [0, 0.1) is 5.41 Å². The fourth-order valence-electron chi connectivity index (χ4n) is 3.44. The van der Waals surface area contributed by atoms with Crippen molar-refractivity contribution in [2.45, 2.75) is 57.3 Å². The average Bonchev–Trinajstić information content (AvgIpc) is 2.37. The standard InChI is InChI=1S/C13H30N4/c1-6-11(7-2)8-12(14,15-3)10-13(9-11,16-4)17-5/h15-17H,6-10,14H2,1-5H3. The van der Waals surface area contributed by atoms with Crippen molar-refractivity contribution in [1.82, 2.24) is 16.0 Å². The van der Waals surface area contributed by atoms with Gasteiger partial charge in [-0.3, -0.25) is 0 Å². The van der Waals surface area contributed by atoms with Crippen LogP contribution in [0.1, 0.15) is 46.0 Å². The first kappa shape index (κ1) is 14.9. The first-order valence-corrected chi connectivity index (χ1v) is 6.78. The topological polar surface area (TPSA) is 62.1 Å². The Kier molecular flexibility index (Phi) is 4.58. The maximum absolute atomic E-state index is 6.52. The van der Waals surface area contributed by atoms with Crippen molar-refractivity contribution >= 4 is 0 Å². The summed E-state index contributed by atoms with van der Waals surface area (Å²) in [6, 6.07) is 0. The normalized spacial score (nSPS) is 31.4. The van der Waals surface area contributed by atoms with Gasteiger partial charge in [-0.1, -0.05) is 26.7 Å². The van der Waals surface area contributed by atoms with Crippen molar-refractivity contribution in [3.05, 3.63) is 0 Å². The molecule has 0 heterocycles. The van der Waals surface area contributed by atoms with Crippen molar-refractivity contribution in [3.63, 3.8) is 0 Å². The molecular formula is C13H30N4. The van der Waals surface area contributed by atoms with Crippen LogP contribution in [-0.2, 0) is 0 Å². The van der Waals surface area contributed by atoms with Gasteiger partial charge >= 0.3 is 0 Å². The lowest BCUT2D eigenvalue weighted by Crippen LogP contribution is -2.70. The molecule has 0 saturated heterocycles. The third-order valence-electron chi connectivity index (χ3n) is 4.94. The summed E-state index contributed by atoms with van der Waals surface area (Å²) in [5.74, 6) is 0. The molecule has 1 aliphatic rings. The number of hydrogen-bond donors (Lipinski definition) is 4. The van der Waals surface area contributed by atoms with Crippen molar-refractivity contribution in [2.24, 2.45) is 11.1 Å². The highest BCUT2D eigenvalue weighted by molar-refractivity contribution is 5.06. The fraction of sp³-hybridized carbons (Fsp3) is 1.00. The molecule has 0 bridgehead atoms. The third-order valence-corrected chi connectivity index (χ3v) is 4.94. The summed E-state index contributed by atoms with van der Waals surface area (Å²) in [4.78, 5) is 0. The molecule has 0 amide bonds. The highest BCUT2D eigenvalue weighted by Crippen LogP contribution is 2.47. The Hall–Kier alpha value is -0.160. The van der Waals surface area contributed by atoms with E-state index in [4.69, 9.17) is 5.73 Å². The van der Waals surface area contributed by atoms with E-state index in [0.29, 0.717) is 5.41 Å². The summed E-state index contributed by atoms with van der Waals surface area (Å²) < 4.78 is 0. The monoisotopic (exact) mass is 242 g/mol. The summed E-state index contributed by atoms with van der Waals surface area (Å²) in [7, 11) is 6.01. The lowest BCUT2D eigenvalue weighted by molar-refractivity contribution is 0.00524. The molecule has 1 fully saturated rings. The number of rotatable bonds is 5. The molecule has 102 valence electrons. The van der Waals surface area contributed by atoms with Crippen LogP contribution in [-0.4, -0.2) is 32.5 Å². The Morgan fingerprint density at radius 2 is 1.41 bits per heavy atom. The maximum atomic E-state index is 6.52. The van der Waals surface area contributed by atoms with Crippen molar-refractivity contribution in [2.75, 3.05) is 21.1 Å². The minimum atomic E-state index is -0.281. The van der Waals surface area contributed by atoms with Gasteiger partial charge in [-0.25, -0.2) is 0 Å². The van der Waals surface area contributed by atoms with Crippen molar-refractivity contribution in [1.29, 1.82) is 0 Å². The molecular weight excluding hydrogens is 212 g/mol. The third kappa shape index (κ3) is 2.81. The van der Waals surface area contributed by atoms with Gasteiger partial charge in [0.05, 0.1) is 11.3 Å². The summed E-state index contributed by atoms with van der Waals surface area (Å²) in [5.41, 5.74) is 6.51. The second-order valence-corrected chi connectivity index (χ2v) is 5.73. The first-order valence-electron chi connectivity index (χ1n) is 6.78. The van der Waals surface area contributed by atoms with Crippen LogP contribution < -0.4 is 21.7 Å². The molecule has 4 heteroatoms. The van der Waals surface area contributed by atoms with E-state index in [-0.39, 0.29) is 11.3 Å². The Labute approximate surface area is 106 Å². The van der Waals surface area contributed by atoms with Gasteiger partial charge in [-0.2, -0.15) is 0 Å². The summed E-state index contributed by atoms with van der Waals surface area (Å²) in [5, 5.41) is 10.2. The van der Waals surface area contributed by atoms with E-state index in [2.05, 4.69) is 29.8 Å². The molecule has 0 aromatic carbocycles. The van der Waals surface area contributed by atoms with Crippen LogP contribution >= 0.6 is 0 Å². The van der Waals surface area contributed by atoms with Gasteiger partial charge in [0.2, 0.25) is 0 Å². The second kappa shape index (κ2) is 5.22. The van der Waals surface area contributed by atoms with Crippen molar-refractivity contribution < 1.29 is 0 Å². The lowest BCUT2D eigenvalue weighted by Gasteiger charge is -2.54. The highest BCUT2D eigenvalue weighted by Gasteiger charge is 2.50. The molecule has 0 radical (unpaired) electrons. The molecule has 0 aliphatic heterocycles. The molecule has 5 N–H and O–H groups in total. The molecule has 1 aliphatic carbocycles. The smallest absolute Gasteiger partial charge is 0.0718 e. The number of nitrogens with two attached hydrogens (primary N) is 1. The Balaban J connectivity index is 3.06. The van der Waals surface area contributed by atoms with Crippen LogP contribution in [0.3, 0.4) is 0 Å². The van der Waals surface area contributed by atoms with Gasteiger partial charge in [0.25, 0.3) is 0 Å². The Morgan fingerprint density at radius 3 is 1.76 bits per heavy atom. The maximum Gasteiger partial charge on any atom is 0.0718 e. The van der Waals surface area contributed by atoms with Gasteiger partial charge < -0.3 is 21.7 Å². The number of hydrogen-bond acceptors (Lipinski definition) is 4. The van der Waals surface area contributed by atoms with E-state index in [1.807, 2.05) is 21.1 Å². The minimum Gasteiger partial charge on any atom is -0.313 e. The molecule has 17 heavy (non-hydrogen) atoms. The first-order chi connectivity index (χ1) is 7.92. The van der Waals surface area contributed by atoms with Gasteiger partial charge in [0, 0.05) is 6.42 Å². The van der Waals surface area contributed by atoms with Gasteiger partial charge in [0.1, 0.15) is 0 Å². The predicted molar refractivity (Wildman–Crippen MR) is 73.7 cm³/mol. The highest BCUT2D eigenvalue weighted by atomic mass is 15.2. The van der Waals surface area contributed by atoms with E-state index in [1.165, 1.54) is 12.8 Å². The average molecular weight is 242 g/mol.